The van der Waals surface area contributed by atoms with Crippen LogP contribution in [0.25, 0.3) is 0 Å². The predicted molar refractivity (Wildman–Crippen MR) is 116 cm³/mol. The van der Waals surface area contributed by atoms with E-state index in [9.17, 15) is 14.4 Å². The molecule has 8 heteroatoms. The smallest absolute Gasteiger partial charge is 0.264 e. The third-order valence-corrected chi connectivity index (χ3v) is 7.81. The van der Waals surface area contributed by atoms with E-state index >= 15 is 0 Å². The van der Waals surface area contributed by atoms with Crippen molar-refractivity contribution in [2.24, 2.45) is 5.73 Å². The van der Waals surface area contributed by atoms with Gasteiger partial charge in [0.2, 0.25) is 5.91 Å². The Balaban J connectivity index is 1.53. The lowest BCUT2D eigenvalue weighted by molar-refractivity contribution is -0.117. The highest BCUT2D eigenvalue weighted by Crippen LogP contribution is 2.38. The second-order valence-corrected chi connectivity index (χ2v) is 9.73. The van der Waals surface area contributed by atoms with Crippen molar-refractivity contribution in [1.29, 1.82) is 0 Å². The molecule has 0 aliphatic heterocycles. The fourth-order valence-electron chi connectivity index (χ4n) is 4.36. The average Bonchev–Trinajstić information content (AvgIpc) is 3.45. The van der Waals surface area contributed by atoms with Crippen LogP contribution in [0.15, 0.2) is 17.5 Å². The van der Waals surface area contributed by atoms with Gasteiger partial charge in [-0.1, -0.05) is 18.9 Å². The van der Waals surface area contributed by atoms with Crippen molar-refractivity contribution >= 4 is 45.4 Å². The Kier molecular flexibility index (Phi) is 6.01. The third kappa shape index (κ3) is 4.23. The van der Waals surface area contributed by atoms with E-state index in [4.69, 9.17) is 5.73 Å². The molecule has 2 aromatic heterocycles. The molecule has 2 aliphatic carbocycles. The first-order valence-corrected chi connectivity index (χ1v) is 11.8. The molecule has 0 bridgehead atoms. The van der Waals surface area contributed by atoms with Crippen LogP contribution in [-0.4, -0.2) is 35.2 Å². The molecular weight excluding hydrogens is 406 g/mol. The quantitative estimate of drug-likeness (QED) is 0.728. The largest absolute Gasteiger partial charge is 0.365 e. The maximum absolute atomic E-state index is 13.0. The Hall–Kier alpha value is -2.19. The molecule has 1 fully saturated rings. The Morgan fingerprint density at radius 1 is 1.14 bits per heavy atom. The number of carbonyl (C=O) groups is 3. The second kappa shape index (κ2) is 8.67. The summed E-state index contributed by atoms with van der Waals surface area (Å²) in [5, 5.41) is 5.29. The number of carbonyl (C=O) groups excluding carboxylic acids is 3. The summed E-state index contributed by atoms with van der Waals surface area (Å²) in [6.45, 7) is -0.0117. The highest BCUT2D eigenvalue weighted by atomic mass is 32.1. The van der Waals surface area contributed by atoms with Crippen molar-refractivity contribution in [3.05, 3.63) is 38.4 Å². The van der Waals surface area contributed by atoms with Crippen LogP contribution in [0, 0.1) is 0 Å². The molecule has 29 heavy (non-hydrogen) atoms. The molecule has 3 N–H and O–H groups in total. The standard InChI is InChI=1S/C21H25N3O3S2/c22-19(26)18-14-8-3-4-9-15(14)29-20(18)23-17(25)12-24(13-6-1-2-7-13)21(27)16-10-5-11-28-16/h5,10-11,13H,1-4,6-9,12H2,(H2,22,26)(H,23,25). The van der Waals surface area contributed by atoms with Crippen LogP contribution >= 0.6 is 22.7 Å². The number of hydrogen-bond donors (Lipinski definition) is 2. The molecule has 4 rings (SSSR count). The summed E-state index contributed by atoms with van der Waals surface area (Å²) in [5.41, 5.74) is 7.07. The molecule has 0 atom stereocenters. The van der Waals surface area contributed by atoms with Crippen molar-refractivity contribution in [3.8, 4) is 0 Å². The van der Waals surface area contributed by atoms with Crippen LogP contribution in [0.1, 0.15) is 69.0 Å². The molecule has 2 aromatic rings. The summed E-state index contributed by atoms with van der Waals surface area (Å²) in [7, 11) is 0. The molecular formula is C21H25N3O3S2. The first-order chi connectivity index (χ1) is 14.0. The van der Waals surface area contributed by atoms with Gasteiger partial charge in [-0.25, -0.2) is 0 Å². The first kappa shape index (κ1) is 20.1. The fraction of sp³-hybridized carbons (Fsp3) is 0.476. The Bertz CT molecular complexity index is 914. The third-order valence-electron chi connectivity index (χ3n) is 5.74. The zero-order chi connectivity index (χ0) is 20.4. The van der Waals surface area contributed by atoms with Gasteiger partial charge in [-0.3, -0.25) is 14.4 Å². The number of fused-ring (bicyclic) bond motifs is 1. The zero-order valence-electron chi connectivity index (χ0n) is 16.2. The van der Waals surface area contributed by atoms with E-state index in [0.29, 0.717) is 15.4 Å². The molecule has 6 nitrogen and oxygen atoms in total. The topological polar surface area (TPSA) is 92.5 Å². The molecule has 1 saturated carbocycles. The Labute approximate surface area is 178 Å². The van der Waals surface area contributed by atoms with Gasteiger partial charge in [-0.05, 0) is 55.5 Å². The van der Waals surface area contributed by atoms with Gasteiger partial charge in [0.25, 0.3) is 11.8 Å². The first-order valence-electron chi connectivity index (χ1n) is 10.1. The molecule has 0 unspecified atom stereocenters. The minimum atomic E-state index is -0.498. The number of anilines is 1. The highest BCUT2D eigenvalue weighted by Gasteiger charge is 2.31. The summed E-state index contributed by atoms with van der Waals surface area (Å²) in [6.07, 6.45) is 7.85. The molecule has 3 amide bonds. The fourth-order valence-corrected chi connectivity index (χ4v) is 6.35. The maximum Gasteiger partial charge on any atom is 0.264 e. The number of nitrogens with zero attached hydrogens (tertiary/aromatic N) is 1. The lowest BCUT2D eigenvalue weighted by Gasteiger charge is -2.28. The van der Waals surface area contributed by atoms with Gasteiger partial charge in [0.15, 0.2) is 0 Å². The van der Waals surface area contributed by atoms with Crippen molar-refractivity contribution in [2.75, 3.05) is 11.9 Å². The molecule has 0 spiro atoms. The average molecular weight is 432 g/mol. The van der Waals surface area contributed by atoms with Crippen molar-refractivity contribution in [1.82, 2.24) is 4.90 Å². The summed E-state index contributed by atoms with van der Waals surface area (Å²) in [4.78, 5) is 41.4. The number of aryl methyl sites for hydroxylation is 1. The van der Waals surface area contributed by atoms with Gasteiger partial charge in [0.05, 0.1) is 10.4 Å². The molecule has 2 aliphatic rings. The normalized spacial score (nSPS) is 16.4. The number of amides is 3. The molecule has 0 radical (unpaired) electrons. The van der Waals surface area contributed by atoms with Gasteiger partial charge >= 0.3 is 0 Å². The summed E-state index contributed by atoms with van der Waals surface area (Å²) >= 11 is 2.84. The lowest BCUT2D eigenvalue weighted by atomic mass is 9.95. The van der Waals surface area contributed by atoms with Crippen LogP contribution in [0.2, 0.25) is 0 Å². The number of hydrogen-bond acceptors (Lipinski definition) is 5. The number of thiophene rings is 2. The van der Waals surface area contributed by atoms with Gasteiger partial charge < -0.3 is 16.0 Å². The van der Waals surface area contributed by atoms with E-state index in [0.717, 1.165) is 61.8 Å². The zero-order valence-corrected chi connectivity index (χ0v) is 17.9. The lowest BCUT2D eigenvalue weighted by Crippen LogP contribution is -2.43. The van der Waals surface area contributed by atoms with Gasteiger partial charge in [0, 0.05) is 10.9 Å². The highest BCUT2D eigenvalue weighted by molar-refractivity contribution is 7.17. The summed E-state index contributed by atoms with van der Waals surface area (Å²) < 4.78 is 0. The summed E-state index contributed by atoms with van der Waals surface area (Å²) in [6, 6.07) is 3.73. The van der Waals surface area contributed by atoms with Crippen molar-refractivity contribution < 1.29 is 14.4 Å². The summed E-state index contributed by atoms with van der Waals surface area (Å²) in [5.74, 6) is -0.868. The van der Waals surface area contributed by atoms with Gasteiger partial charge in [-0.15, -0.1) is 22.7 Å². The van der Waals surface area contributed by atoms with Crippen molar-refractivity contribution in [2.45, 2.75) is 57.4 Å². The number of nitrogens with two attached hydrogens (primary N) is 1. The van der Waals surface area contributed by atoms with Gasteiger partial charge in [0.1, 0.15) is 11.5 Å². The van der Waals surface area contributed by atoms with Gasteiger partial charge in [-0.2, -0.15) is 0 Å². The molecule has 2 heterocycles. The minimum Gasteiger partial charge on any atom is -0.365 e. The Morgan fingerprint density at radius 3 is 2.59 bits per heavy atom. The number of rotatable bonds is 6. The van der Waals surface area contributed by atoms with Crippen LogP contribution in [0.4, 0.5) is 5.00 Å². The number of primary amides is 1. The molecule has 0 aromatic carbocycles. The monoisotopic (exact) mass is 431 g/mol. The molecule has 154 valence electrons. The van der Waals surface area contributed by atoms with E-state index in [1.165, 1.54) is 22.7 Å². The second-order valence-electron chi connectivity index (χ2n) is 7.68. The van der Waals surface area contributed by atoms with Crippen LogP contribution in [0.3, 0.4) is 0 Å². The van der Waals surface area contributed by atoms with Crippen molar-refractivity contribution in [3.63, 3.8) is 0 Å². The molecule has 0 saturated heterocycles. The number of nitrogens with one attached hydrogen (secondary N) is 1. The SMILES string of the molecule is NC(=O)c1c(NC(=O)CN(C(=O)c2cccs2)C2CCCC2)sc2c1CCCC2. The Morgan fingerprint density at radius 2 is 1.90 bits per heavy atom. The van der Waals surface area contributed by atoms with E-state index < -0.39 is 5.91 Å². The predicted octanol–water partition coefficient (Wildman–Crippen LogP) is 3.81. The van der Waals surface area contributed by atoms with E-state index in [2.05, 4.69) is 5.32 Å². The van der Waals surface area contributed by atoms with Crippen LogP contribution in [-0.2, 0) is 17.6 Å². The van der Waals surface area contributed by atoms with E-state index in [-0.39, 0.29) is 24.4 Å². The van der Waals surface area contributed by atoms with Crippen LogP contribution < -0.4 is 11.1 Å². The van der Waals surface area contributed by atoms with E-state index in [1.54, 1.807) is 11.0 Å². The minimum absolute atomic E-state index is 0.0117. The van der Waals surface area contributed by atoms with Crippen LogP contribution in [0.5, 0.6) is 0 Å². The maximum atomic E-state index is 13.0. The van der Waals surface area contributed by atoms with E-state index in [1.807, 2.05) is 11.4 Å².